The van der Waals surface area contributed by atoms with Crippen LogP contribution in [0.1, 0.15) is 62.2 Å². The number of aromatic nitrogens is 4. The number of fused-ring (bicyclic) bond motifs is 1. The molecule has 0 aromatic carbocycles. The molecule has 1 N–H and O–H groups in total. The molecule has 112 valence electrons. The predicted octanol–water partition coefficient (Wildman–Crippen LogP) is 3.16. The van der Waals surface area contributed by atoms with Crippen molar-refractivity contribution in [3.8, 4) is 0 Å². The van der Waals surface area contributed by atoms with Crippen LogP contribution in [-0.4, -0.2) is 25.2 Å². The predicted molar refractivity (Wildman–Crippen MR) is 83.9 cm³/mol. The highest BCUT2D eigenvalue weighted by molar-refractivity contribution is 7.09. The summed E-state index contributed by atoms with van der Waals surface area (Å²) in [4.78, 5) is 4.64. The number of nitrogens with one attached hydrogen (secondary N) is 1. The van der Waals surface area contributed by atoms with Crippen LogP contribution in [0, 0.1) is 0 Å². The molecule has 0 spiro atoms. The van der Waals surface area contributed by atoms with Crippen molar-refractivity contribution < 1.29 is 0 Å². The van der Waals surface area contributed by atoms with Crippen molar-refractivity contribution in [3.63, 3.8) is 0 Å². The van der Waals surface area contributed by atoms with Gasteiger partial charge in [-0.15, -0.1) is 0 Å². The lowest BCUT2D eigenvalue weighted by atomic mass is 9.93. The van der Waals surface area contributed by atoms with E-state index in [2.05, 4.69) is 38.3 Å². The molecule has 1 saturated carbocycles. The van der Waals surface area contributed by atoms with Crippen molar-refractivity contribution in [3.05, 3.63) is 23.3 Å². The molecule has 1 fully saturated rings. The smallest absolute Gasteiger partial charge is 0.202 e. The summed E-state index contributed by atoms with van der Waals surface area (Å²) in [6, 6.07) is 0.877. The Morgan fingerprint density at radius 3 is 2.95 bits per heavy atom. The van der Waals surface area contributed by atoms with Crippen molar-refractivity contribution in [2.45, 2.75) is 64.0 Å². The second kappa shape index (κ2) is 5.09. The molecular weight excluding hydrogens is 282 g/mol. The molecule has 0 radical (unpaired) electrons. The first-order valence-corrected chi connectivity index (χ1v) is 8.63. The van der Waals surface area contributed by atoms with E-state index < -0.39 is 0 Å². The molecule has 2 heterocycles. The summed E-state index contributed by atoms with van der Waals surface area (Å²) in [5.41, 5.74) is 2.80. The van der Waals surface area contributed by atoms with Gasteiger partial charge in [0.25, 0.3) is 0 Å². The topological polar surface area (TPSA) is 55.6 Å². The van der Waals surface area contributed by atoms with Gasteiger partial charge >= 0.3 is 0 Å². The molecule has 21 heavy (non-hydrogen) atoms. The Kier molecular flexibility index (Phi) is 3.21. The maximum absolute atomic E-state index is 4.64. The van der Waals surface area contributed by atoms with Gasteiger partial charge in [0.15, 0.2) is 0 Å². The van der Waals surface area contributed by atoms with Gasteiger partial charge in [-0.05, 0) is 45.1 Å². The second-order valence-electron chi connectivity index (χ2n) is 6.47. The third-order valence-corrected chi connectivity index (χ3v) is 5.05. The minimum Gasteiger partial charge on any atom is -0.357 e. The van der Waals surface area contributed by atoms with Gasteiger partial charge in [0, 0.05) is 41.6 Å². The van der Waals surface area contributed by atoms with Crippen LogP contribution in [0.15, 0.2) is 6.20 Å². The molecule has 0 amide bonds. The molecule has 2 aromatic rings. The van der Waals surface area contributed by atoms with Gasteiger partial charge in [-0.2, -0.15) is 9.47 Å². The summed E-state index contributed by atoms with van der Waals surface area (Å²) in [6.07, 6.45) is 7.85. The summed E-state index contributed by atoms with van der Waals surface area (Å²) in [6.45, 7) is 4.38. The molecular formula is C15H21N5S. The Labute approximate surface area is 129 Å². The molecule has 1 atom stereocenters. The number of aryl methyl sites for hydroxylation is 1. The fourth-order valence-corrected chi connectivity index (χ4v) is 3.79. The fraction of sp³-hybridized carbons (Fsp3) is 0.667. The standard InChI is InChI=1S/C15H21N5S/c1-9(2)20-13-7-12(6-5-11(13)8-16-20)17-15-18-14(19-21-15)10-3-4-10/h8-10,12H,3-7H2,1-2H3,(H,17,18,19)/t12-/m0/s1. The molecule has 2 aromatic heterocycles. The van der Waals surface area contributed by atoms with Gasteiger partial charge in [0.2, 0.25) is 5.13 Å². The Hall–Kier alpha value is -1.43. The van der Waals surface area contributed by atoms with E-state index in [4.69, 9.17) is 0 Å². The molecule has 0 saturated heterocycles. The maximum Gasteiger partial charge on any atom is 0.202 e. The maximum atomic E-state index is 4.64. The van der Waals surface area contributed by atoms with Gasteiger partial charge in [-0.3, -0.25) is 4.68 Å². The number of nitrogens with zero attached hydrogens (tertiary/aromatic N) is 4. The number of rotatable bonds is 4. The Morgan fingerprint density at radius 1 is 1.33 bits per heavy atom. The largest absolute Gasteiger partial charge is 0.357 e. The van der Waals surface area contributed by atoms with Gasteiger partial charge in [0.1, 0.15) is 5.82 Å². The van der Waals surface area contributed by atoms with E-state index in [1.54, 1.807) is 0 Å². The van der Waals surface area contributed by atoms with E-state index in [1.807, 2.05) is 6.20 Å². The summed E-state index contributed by atoms with van der Waals surface area (Å²) in [5, 5.41) is 9.11. The monoisotopic (exact) mass is 303 g/mol. The lowest BCUT2D eigenvalue weighted by Gasteiger charge is -2.24. The average molecular weight is 303 g/mol. The number of hydrogen-bond acceptors (Lipinski definition) is 5. The fourth-order valence-electron chi connectivity index (χ4n) is 3.07. The zero-order chi connectivity index (χ0) is 14.4. The van der Waals surface area contributed by atoms with Gasteiger partial charge < -0.3 is 5.32 Å². The van der Waals surface area contributed by atoms with Crippen LogP contribution in [0.2, 0.25) is 0 Å². The van der Waals surface area contributed by atoms with Crippen LogP contribution >= 0.6 is 11.5 Å². The van der Waals surface area contributed by atoms with Crippen LogP contribution in [0.4, 0.5) is 5.13 Å². The van der Waals surface area contributed by atoms with Gasteiger partial charge in [-0.25, -0.2) is 4.98 Å². The average Bonchev–Trinajstić information content (AvgIpc) is 3.06. The Bertz CT molecular complexity index is 640. The molecule has 0 aliphatic heterocycles. The van der Waals surface area contributed by atoms with Gasteiger partial charge in [0.05, 0.1) is 6.20 Å². The van der Waals surface area contributed by atoms with Crippen molar-refractivity contribution in [2.24, 2.45) is 0 Å². The highest BCUT2D eigenvalue weighted by atomic mass is 32.1. The minimum atomic E-state index is 0.426. The lowest BCUT2D eigenvalue weighted by molar-refractivity contribution is 0.484. The minimum absolute atomic E-state index is 0.426. The number of hydrogen-bond donors (Lipinski definition) is 1. The number of anilines is 1. The zero-order valence-electron chi connectivity index (χ0n) is 12.5. The van der Waals surface area contributed by atoms with Crippen LogP contribution in [0.3, 0.4) is 0 Å². The van der Waals surface area contributed by atoms with Crippen LogP contribution in [-0.2, 0) is 12.8 Å². The van der Waals surface area contributed by atoms with Crippen molar-refractivity contribution in [2.75, 3.05) is 5.32 Å². The molecule has 5 nitrogen and oxygen atoms in total. The van der Waals surface area contributed by atoms with Gasteiger partial charge in [-0.1, -0.05) is 0 Å². The lowest BCUT2D eigenvalue weighted by Crippen LogP contribution is -2.28. The summed E-state index contributed by atoms with van der Waals surface area (Å²) in [5.74, 6) is 1.68. The molecule has 2 aliphatic rings. The summed E-state index contributed by atoms with van der Waals surface area (Å²) >= 11 is 1.51. The third kappa shape index (κ3) is 2.57. The SMILES string of the molecule is CC(C)n1ncc2c1C[C@@H](Nc1nc(C3CC3)ns1)CC2. The first-order valence-electron chi connectivity index (χ1n) is 7.86. The van der Waals surface area contributed by atoms with E-state index in [1.165, 1.54) is 35.6 Å². The van der Waals surface area contributed by atoms with Crippen molar-refractivity contribution in [1.29, 1.82) is 0 Å². The van der Waals surface area contributed by atoms with E-state index in [0.29, 0.717) is 18.0 Å². The van der Waals surface area contributed by atoms with Crippen LogP contribution < -0.4 is 5.32 Å². The van der Waals surface area contributed by atoms with E-state index >= 15 is 0 Å². The van der Waals surface area contributed by atoms with Crippen LogP contribution in [0.5, 0.6) is 0 Å². The Morgan fingerprint density at radius 2 is 2.19 bits per heavy atom. The highest BCUT2D eigenvalue weighted by Crippen LogP contribution is 2.39. The van der Waals surface area contributed by atoms with E-state index in [9.17, 15) is 0 Å². The highest BCUT2D eigenvalue weighted by Gasteiger charge is 2.29. The van der Waals surface area contributed by atoms with E-state index in [0.717, 1.165) is 30.2 Å². The summed E-state index contributed by atoms with van der Waals surface area (Å²) < 4.78 is 6.64. The zero-order valence-corrected chi connectivity index (χ0v) is 13.4. The molecule has 0 bridgehead atoms. The van der Waals surface area contributed by atoms with Crippen LogP contribution in [0.25, 0.3) is 0 Å². The third-order valence-electron chi connectivity index (χ3n) is 4.39. The molecule has 4 rings (SSSR count). The molecule has 0 unspecified atom stereocenters. The molecule has 6 heteroatoms. The quantitative estimate of drug-likeness (QED) is 0.942. The second-order valence-corrected chi connectivity index (χ2v) is 7.22. The van der Waals surface area contributed by atoms with E-state index in [-0.39, 0.29) is 0 Å². The first kappa shape index (κ1) is 13.2. The van der Waals surface area contributed by atoms with Crippen molar-refractivity contribution in [1.82, 2.24) is 19.1 Å². The normalized spacial score (nSPS) is 21.6. The first-order chi connectivity index (χ1) is 10.2. The summed E-state index contributed by atoms with van der Waals surface area (Å²) in [7, 11) is 0. The Balaban J connectivity index is 1.48. The molecule has 2 aliphatic carbocycles. The van der Waals surface area contributed by atoms with Crippen molar-refractivity contribution >= 4 is 16.7 Å².